The molecule has 0 saturated heterocycles. The number of methoxy groups -OCH3 is 1. The molecular weight excluding hydrogens is 314 g/mol. The normalized spacial score (nSPS) is 15.5. The molecule has 0 atom stereocenters. The third kappa shape index (κ3) is 3.27. The molecule has 0 saturated carbocycles. The minimum atomic E-state index is -0.487. The number of rotatable bonds is 3. The molecule has 5 heteroatoms. The average Bonchev–Trinajstić information content (AvgIpc) is 2.89. The van der Waals surface area contributed by atoms with Gasteiger partial charge in [0.1, 0.15) is 5.75 Å². The number of halogens is 1. The number of esters is 1. The number of carbonyl (C=O) groups is 1. The van der Waals surface area contributed by atoms with Gasteiger partial charge in [-0.15, -0.1) is 0 Å². The molecular formula is C18H14ClNO3. The molecule has 0 fully saturated rings. The first-order chi connectivity index (χ1) is 11.1. The van der Waals surface area contributed by atoms with Crippen molar-refractivity contribution in [2.24, 2.45) is 4.99 Å². The lowest BCUT2D eigenvalue weighted by Gasteiger charge is -2.05. The van der Waals surface area contributed by atoms with E-state index in [1.54, 1.807) is 37.5 Å². The Hall–Kier alpha value is -2.59. The minimum Gasteiger partial charge on any atom is -0.496 e. The second-order valence-corrected chi connectivity index (χ2v) is 5.52. The highest BCUT2D eigenvalue weighted by atomic mass is 35.5. The summed E-state index contributed by atoms with van der Waals surface area (Å²) < 4.78 is 10.5. The lowest BCUT2D eigenvalue weighted by molar-refractivity contribution is -0.129. The summed E-state index contributed by atoms with van der Waals surface area (Å²) in [5, 5.41) is 0.610. The molecule has 2 aromatic carbocycles. The summed E-state index contributed by atoms with van der Waals surface area (Å²) in [7, 11) is 1.59. The molecule has 0 radical (unpaired) electrons. The van der Waals surface area contributed by atoms with Crippen LogP contribution in [0.3, 0.4) is 0 Å². The minimum absolute atomic E-state index is 0.235. The van der Waals surface area contributed by atoms with Gasteiger partial charge in [-0.25, -0.2) is 9.79 Å². The van der Waals surface area contributed by atoms with Crippen molar-refractivity contribution in [3.63, 3.8) is 0 Å². The third-order valence-corrected chi connectivity index (χ3v) is 3.64. The smallest absolute Gasteiger partial charge is 0.363 e. The number of ether oxygens (including phenoxy) is 2. The number of aliphatic imine (C=N–C) groups is 1. The van der Waals surface area contributed by atoms with E-state index in [-0.39, 0.29) is 11.6 Å². The predicted molar refractivity (Wildman–Crippen MR) is 89.8 cm³/mol. The molecule has 0 N–H and O–H groups in total. The summed E-state index contributed by atoms with van der Waals surface area (Å²) in [6.07, 6.45) is 1.66. The summed E-state index contributed by atoms with van der Waals surface area (Å²) in [6, 6.07) is 12.7. The van der Waals surface area contributed by atoms with Crippen LogP contribution in [0.15, 0.2) is 53.2 Å². The molecule has 0 aromatic heterocycles. The molecule has 2 aromatic rings. The maximum absolute atomic E-state index is 12.0. The van der Waals surface area contributed by atoms with Gasteiger partial charge in [-0.2, -0.15) is 0 Å². The van der Waals surface area contributed by atoms with Crippen molar-refractivity contribution in [2.45, 2.75) is 6.92 Å². The molecule has 116 valence electrons. The lowest BCUT2D eigenvalue weighted by atomic mass is 10.1. The first kappa shape index (κ1) is 15.3. The van der Waals surface area contributed by atoms with Crippen LogP contribution in [-0.4, -0.2) is 19.0 Å². The molecule has 4 nitrogen and oxygen atoms in total. The maximum Gasteiger partial charge on any atom is 0.363 e. The van der Waals surface area contributed by atoms with Crippen molar-refractivity contribution in [1.29, 1.82) is 0 Å². The summed E-state index contributed by atoms with van der Waals surface area (Å²) >= 11 is 5.86. The Bertz CT molecular complexity index is 823. The second-order valence-electron chi connectivity index (χ2n) is 5.09. The van der Waals surface area contributed by atoms with Gasteiger partial charge in [0.15, 0.2) is 5.70 Å². The van der Waals surface area contributed by atoms with E-state index in [1.165, 1.54) is 0 Å². The molecule has 0 spiro atoms. The van der Waals surface area contributed by atoms with E-state index < -0.39 is 5.97 Å². The Morgan fingerprint density at radius 1 is 1.17 bits per heavy atom. The van der Waals surface area contributed by atoms with E-state index in [1.807, 2.05) is 25.1 Å². The number of cyclic esters (lactones) is 1. The van der Waals surface area contributed by atoms with Crippen LogP contribution in [0, 0.1) is 6.92 Å². The van der Waals surface area contributed by atoms with Gasteiger partial charge in [0, 0.05) is 16.1 Å². The highest BCUT2D eigenvalue weighted by molar-refractivity contribution is 6.30. The molecule has 1 aliphatic rings. The Kier molecular flexibility index (Phi) is 4.17. The topological polar surface area (TPSA) is 47.9 Å². The molecule has 1 aliphatic heterocycles. The van der Waals surface area contributed by atoms with Crippen LogP contribution in [0.2, 0.25) is 5.02 Å². The fourth-order valence-electron chi connectivity index (χ4n) is 2.24. The van der Waals surface area contributed by atoms with Gasteiger partial charge >= 0.3 is 5.97 Å². The Morgan fingerprint density at radius 2 is 1.91 bits per heavy atom. The molecule has 3 rings (SSSR count). The molecule has 0 amide bonds. The molecule has 23 heavy (non-hydrogen) atoms. The van der Waals surface area contributed by atoms with Crippen molar-refractivity contribution in [1.82, 2.24) is 0 Å². The van der Waals surface area contributed by atoms with Gasteiger partial charge in [0.05, 0.1) is 7.11 Å². The first-order valence-electron chi connectivity index (χ1n) is 7.00. The fourth-order valence-corrected chi connectivity index (χ4v) is 2.36. The number of aryl methyl sites for hydroxylation is 1. The summed E-state index contributed by atoms with van der Waals surface area (Å²) in [4.78, 5) is 16.3. The lowest BCUT2D eigenvalue weighted by Crippen LogP contribution is -2.05. The third-order valence-electron chi connectivity index (χ3n) is 3.39. The summed E-state index contributed by atoms with van der Waals surface area (Å²) in [6.45, 7) is 1.97. The number of nitrogens with zero attached hydrogens (tertiary/aromatic N) is 1. The number of benzene rings is 2. The van der Waals surface area contributed by atoms with Crippen LogP contribution in [0.1, 0.15) is 16.7 Å². The highest BCUT2D eigenvalue weighted by Crippen LogP contribution is 2.25. The number of carbonyl (C=O) groups excluding carboxylic acids is 1. The van der Waals surface area contributed by atoms with Crippen LogP contribution in [0.4, 0.5) is 0 Å². The van der Waals surface area contributed by atoms with Crippen molar-refractivity contribution in [2.75, 3.05) is 7.11 Å². The van der Waals surface area contributed by atoms with Crippen LogP contribution in [0.5, 0.6) is 5.75 Å². The average molecular weight is 328 g/mol. The fraction of sp³-hybridized carbons (Fsp3) is 0.111. The molecule has 0 bridgehead atoms. The SMILES string of the molecule is COc1ccc(C)cc1C=C1N=C(c2ccc(Cl)cc2)OC1=O. The van der Waals surface area contributed by atoms with Gasteiger partial charge in [-0.05, 0) is 49.4 Å². The Labute approximate surface area is 139 Å². The Balaban J connectivity index is 1.98. The largest absolute Gasteiger partial charge is 0.496 e. The zero-order chi connectivity index (χ0) is 16.4. The van der Waals surface area contributed by atoms with Crippen LogP contribution in [-0.2, 0) is 9.53 Å². The summed E-state index contributed by atoms with van der Waals surface area (Å²) in [5.41, 5.74) is 2.77. The van der Waals surface area contributed by atoms with Gasteiger partial charge in [0.25, 0.3) is 0 Å². The van der Waals surface area contributed by atoms with E-state index in [9.17, 15) is 4.79 Å². The molecule has 0 unspecified atom stereocenters. The zero-order valence-electron chi connectivity index (χ0n) is 12.7. The number of hydrogen-bond acceptors (Lipinski definition) is 4. The zero-order valence-corrected chi connectivity index (χ0v) is 13.4. The van der Waals surface area contributed by atoms with Crippen molar-refractivity contribution < 1.29 is 14.3 Å². The van der Waals surface area contributed by atoms with E-state index in [4.69, 9.17) is 21.1 Å². The van der Waals surface area contributed by atoms with Crippen LogP contribution in [0.25, 0.3) is 6.08 Å². The van der Waals surface area contributed by atoms with Gasteiger partial charge in [-0.3, -0.25) is 0 Å². The van der Waals surface area contributed by atoms with E-state index >= 15 is 0 Å². The van der Waals surface area contributed by atoms with Gasteiger partial charge < -0.3 is 9.47 Å². The van der Waals surface area contributed by atoms with Crippen LogP contribution >= 0.6 is 11.6 Å². The summed E-state index contributed by atoms with van der Waals surface area (Å²) in [5.74, 6) is 0.453. The van der Waals surface area contributed by atoms with Crippen molar-refractivity contribution in [3.05, 3.63) is 69.9 Å². The van der Waals surface area contributed by atoms with Crippen molar-refractivity contribution in [3.8, 4) is 5.75 Å². The maximum atomic E-state index is 12.0. The highest BCUT2D eigenvalue weighted by Gasteiger charge is 2.24. The Morgan fingerprint density at radius 3 is 2.61 bits per heavy atom. The van der Waals surface area contributed by atoms with Gasteiger partial charge in [-0.1, -0.05) is 23.2 Å². The first-order valence-corrected chi connectivity index (χ1v) is 7.38. The van der Waals surface area contributed by atoms with E-state index in [2.05, 4.69) is 4.99 Å². The second kappa shape index (κ2) is 6.26. The predicted octanol–water partition coefficient (Wildman–Crippen LogP) is 4.00. The van der Waals surface area contributed by atoms with Crippen molar-refractivity contribution >= 4 is 29.5 Å². The standard InChI is InChI=1S/C18H14ClNO3/c1-11-3-8-16(22-2)13(9-11)10-15-18(21)23-17(20-15)12-4-6-14(19)7-5-12/h3-10H,1-2H3. The van der Waals surface area contributed by atoms with E-state index in [0.717, 1.165) is 11.1 Å². The van der Waals surface area contributed by atoms with Crippen LogP contribution < -0.4 is 4.74 Å². The number of hydrogen-bond donors (Lipinski definition) is 0. The monoisotopic (exact) mass is 327 g/mol. The van der Waals surface area contributed by atoms with Gasteiger partial charge in [0.2, 0.25) is 5.90 Å². The molecule has 0 aliphatic carbocycles. The van der Waals surface area contributed by atoms with E-state index in [0.29, 0.717) is 16.3 Å². The molecule has 1 heterocycles. The quantitative estimate of drug-likeness (QED) is 0.632.